The zero-order chi connectivity index (χ0) is 62.5. The van der Waals surface area contributed by atoms with Gasteiger partial charge in [0, 0.05) is 25.7 Å². The number of hydrogen-bond acceptors (Lipinski definition) is 15. The molecule has 6 atom stereocenters. The van der Waals surface area contributed by atoms with Gasteiger partial charge in [0.1, 0.15) is 19.3 Å². The fraction of sp³-hybridized carbons (Fsp3) is 0.938. The number of phosphoric acid groups is 2. The van der Waals surface area contributed by atoms with Gasteiger partial charge in [-0.2, -0.15) is 0 Å². The third-order valence-electron chi connectivity index (χ3n) is 15.2. The molecule has 17 nitrogen and oxygen atoms in total. The number of phosphoric ester groups is 2. The Kier molecular flexibility index (Phi) is 53.9. The number of carbonyl (C=O) groups excluding carboxylic acids is 4. The maximum atomic E-state index is 13.0. The largest absolute Gasteiger partial charge is 0.472 e. The predicted octanol–water partition coefficient (Wildman–Crippen LogP) is 17.8. The first kappa shape index (κ1) is 82.1. The second-order valence-corrected chi connectivity index (χ2v) is 28.1. The number of esters is 4. The van der Waals surface area contributed by atoms with Gasteiger partial charge >= 0.3 is 39.5 Å². The van der Waals surface area contributed by atoms with Crippen LogP contribution >= 0.6 is 15.6 Å². The molecule has 19 heteroatoms. The average Bonchev–Trinajstić information content (AvgIpc) is 3.56. The van der Waals surface area contributed by atoms with Crippen molar-refractivity contribution in [2.75, 3.05) is 39.6 Å². The van der Waals surface area contributed by atoms with E-state index in [-0.39, 0.29) is 25.7 Å². The molecule has 0 fully saturated rings. The van der Waals surface area contributed by atoms with Crippen LogP contribution in [0.4, 0.5) is 0 Å². The van der Waals surface area contributed by atoms with E-state index in [2.05, 4.69) is 55.4 Å². The molecule has 0 aliphatic heterocycles. The van der Waals surface area contributed by atoms with Crippen molar-refractivity contribution in [1.29, 1.82) is 0 Å². The molecule has 0 aromatic heterocycles. The summed E-state index contributed by atoms with van der Waals surface area (Å²) in [5.41, 5.74) is 0. The first-order chi connectivity index (χ1) is 40.1. The minimum absolute atomic E-state index is 0.103. The molecule has 0 saturated carbocycles. The number of carbonyl (C=O) groups is 4. The minimum atomic E-state index is -4.95. The number of rotatable bonds is 62. The molecule has 0 amide bonds. The Morgan fingerprint density at radius 1 is 0.333 bits per heavy atom. The summed E-state index contributed by atoms with van der Waals surface area (Å²) >= 11 is 0. The van der Waals surface area contributed by atoms with Crippen LogP contribution in [0, 0.1) is 23.7 Å². The van der Waals surface area contributed by atoms with E-state index >= 15 is 0 Å². The smallest absolute Gasteiger partial charge is 0.462 e. The molecule has 0 heterocycles. The van der Waals surface area contributed by atoms with Gasteiger partial charge in [-0.25, -0.2) is 9.13 Å². The Bertz CT molecular complexity index is 1680. The zero-order valence-corrected chi connectivity index (χ0v) is 56.3. The van der Waals surface area contributed by atoms with Crippen LogP contribution in [0.3, 0.4) is 0 Å². The highest BCUT2D eigenvalue weighted by atomic mass is 31.2. The molecule has 0 saturated heterocycles. The second kappa shape index (κ2) is 55.2. The Balaban J connectivity index is 5.27. The van der Waals surface area contributed by atoms with E-state index in [9.17, 15) is 43.2 Å². The molecular weight excluding hydrogens is 1110 g/mol. The Morgan fingerprint density at radius 2 is 0.571 bits per heavy atom. The van der Waals surface area contributed by atoms with Crippen molar-refractivity contribution in [2.45, 2.75) is 331 Å². The van der Waals surface area contributed by atoms with Crippen molar-refractivity contribution in [2.24, 2.45) is 23.7 Å². The molecule has 0 aliphatic rings. The van der Waals surface area contributed by atoms with Crippen molar-refractivity contribution in [3.8, 4) is 0 Å². The molecular formula is C65H126O17P2. The summed E-state index contributed by atoms with van der Waals surface area (Å²) in [5.74, 6) is 0.772. The van der Waals surface area contributed by atoms with Crippen LogP contribution in [0.1, 0.15) is 312 Å². The van der Waals surface area contributed by atoms with E-state index in [4.69, 9.17) is 37.0 Å². The van der Waals surface area contributed by atoms with Crippen molar-refractivity contribution >= 4 is 39.5 Å². The highest BCUT2D eigenvalue weighted by molar-refractivity contribution is 7.47. The number of ether oxygens (including phenoxy) is 4. The van der Waals surface area contributed by atoms with Crippen molar-refractivity contribution in [3.05, 3.63) is 0 Å². The van der Waals surface area contributed by atoms with Crippen molar-refractivity contribution < 1.29 is 80.2 Å². The Morgan fingerprint density at radius 3 is 0.845 bits per heavy atom. The van der Waals surface area contributed by atoms with Gasteiger partial charge in [-0.15, -0.1) is 0 Å². The third-order valence-corrected chi connectivity index (χ3v) is 17.1. The second-order valence-electron chi connectivity index (χ2n) is 25.2. The fourth-order valence-electron chi connectivity index (χ4n) is 9.57. The van der Waals surface area contributed by atoms with E-state index in [0.717, 1.165) is 120 Å². The lowest BCUT2D eigenvalue weighted by atomic mass is 10.00. The van der Waals surface area contributed by atoms with E-state index in [1.54, 1.807) is 0 Å². The van der Waals surface area contributed by atoms with Crippen LogP contribution in [-0.4, -0.2) is 96.7 Å². The molecule has 0 spiro atoms. The molecule has 0 aromatic rings. The van der Waals surface area contributed by atoms with E-state index in [0.29, 0.717) is 25.7 Å². The van der Waals surface area contributed by atoms with Crippen LogP contribution in [0.25, 0.3) is 0 Å². The number of unbranched alkanes of at least 4 members (excludes halogenated alkanes) is 27. The molecule has 3 N–H and O–H groups in total. The summed E-state index contributed by atoms with van der Waals surface area (Å²) in [5, 5.41) is 10.5. The van der Waals surface area contributed by atoms with Gasteiger partial charge in [0.15, 0.2) is 12.2 Å². The highest BCUT2D eigenvalue weighted by Gasteiger charge is 2.30. The quantitative estimate of drug-likeness (QED) is 0.0222. The SMILES string of the molecule is CCC(C)CCCCCCCCC(=O)OC[C@H](COP(=O)(O)OCC(O)COP(=O)(O)OC[C@@H](COC(=O)CCCCCCCCCCC(C)C)OC(=O)CCCCCCCCCCCC(C)C)OC(=O)CCCCCCCCCCC(C)C. The lowest BCUT2D eigenvalue weighted by molar-refractivity contribution is -0.161. The standard InChI is InChI=1S/C65H126O17P2/c1-9-58(8)44-36-28-23-24-30-38-46-63(68)76-52-61(82-65(70)48-40-32-22-16-14-19-27-35-43-57(6)7)54-80-84(73,74)78-50-59(66)49-77-83(71,72)79-53-60(51-75-62(67)45-37-29-20-15-13-18-26-34-42-56(4)5)81-64(69)47-39-31-21-12-10-11-17-25-33-41-55(2)3/h55-61,66H,9-54H2,1-8H3,(H,71,72)(H,73,74)/t58?,59?,60-,61-/m1/s1. The molecule has 4 unspecified atom stereocenters. The monoisotopic (exact) mass is 1240 g/mol. The minimum Gasteiger partial charge on any atom is -0.462 e. The highest BCUT2D eigenvalue weighted by Crippen LogP contribution is 2.45. The summed E-state index contributed by atoms with van der Waals surface area (Å²) in [6.45, 7) is 14.0. The molecule has 0 aromatic carbocycles. The number of aliphatic hydroxyl groups excluding tert-OH is 1. The van der Waals surface area contributed by atoms with Crippen molar-refractivity contribution in [3.63, 3.8) is 0 Å². The molecule has 0 bridgehead atoms. The molecule has 0 aliphatic carbocycles. The summed E-state index contributed by atoms with van der Waals surface area (Å²) in [4.78, 5) is 72.3. The Labute approximate surface area is 511 Å². The maximum Gasteiger partial charge on any atom is 0.472 e. The van der Waals surface area contributed by atoms with Crippen LogP contribution in [-0.2, 0) is 65.4 Å². The molecule has 0 rings (SSSR count). The van der Waals surface area contributed by atoms with Crippen LogP contribution in [0.5, 0.6) is 0 Å². The van der Waals surface area contributed by atoms with Crippen LogP contribution in [0.15, 0.2) is 0 Å². The Hall–Kier alpha value is -1.94. The lowest BCUT2D eigenvalue weighted by Gasteiger charge is -2.21. The van der Waals surface area contributed by atoms with Gasteiger partial charge in [-0.05, 0) is 49.4 Å². The van der Waals surface area contributed by atoms with E-state index in [1.807, 2.05) is 0 Å². The van der Waals surface area contributed by atoms with Gasteiger partial charge in [-0.3, -0.25) is 37.3 Å². The topological polar surface area (TPSA) is 237 Å². The normalized spacial score (nSPS) is 14.7. The lowest BCUT2D eigenvalue weighted by Crippen LogP contribution is -2.30. The summed E-state index contributed by atoms with van der Waals surface area (Å²) < 4.78 is 68.0. The van der Waals surface area contributed by atoms with Crippen LogP contribution in [0.2, 0.25) is 0 Å². The molecule has 498 valence electrons. The van der Waals surface area contributed by atoms with Gasteiger partial charge in [0.25, 0.3) is 0 Å². The predicted molar refractivity (Wildman–Crippen MR) is 335 cm³/mol. The number of hydrogen-bond donors (Lipinski definition) is 3. The molecule has 84 heavy (non-hydrogen) atoms. The average molecular weight is 1240 g/mol. The van der Waals surface area contributed by atoms with Gasteiger partial charge in [-0.1, -0.05) is 261 Å². The fourth-order valence-corrected chi connectivity index (χ4v) is 11.2. The molecule has 0 radical (unpaired) electrons. The first-order valence-electron chi connectivity index (χ1n) is 33.7. The van der Waals surface area contributed by atoms with E-state index < -0.39 is 97.5 Å². The summed E-state index contributed by atoms with van der Waals surface area (Å²) in [6.07, 6.45) is 34.9. The van der Waals surface area contributed by atoms with Crippen molar-refractivity contribution in [1.82, 2.24) is 0 Å². The van der Waals surface area contributed by atoms with Crippen LogP contribution < -0.4 is 0 Å². The third kappa shape index (κ3) is 57.8. The van der Waals surface area contributed by atoms with Gasteiger partial charge in [0.05, 0.1) is 26.4 Å². The number of aliphatic hydroxyl groups is 1. The summed E-state index contributed by atoms with van der Waals surface area (Å²) in [6, 6.07) is 0. The van der Waals surface area contributed by atoms with Gasteiger partial charge < -0.3 is 33.8 Å². The van der Waals surface area contributed by atoms with Gasteiger partial charge in [0.2, 0.25) is 0 Å². The summed E-state index contributed by atoms with van der Waals surface area (Å²) in [7, 11) is -9.89. The zero-order valence-electron chi connectivity index (χ0n) is 54.5. The first-order valence-corrected chi connectivity index (χ1v) is 36.7. The van der Waals surface area contributed by atoms with E-state index in [1.165, 1.54) is 109 Å². The maximum absolute atomic E-state index is 13.0.